The molecular formula is C17H21Cl2NO. The summed E-state index contributed by atoms with van der Waals surface area (Å²) < 4.78 is 0. The summed E-state index contributed by atoms with van der Waals surface area (Å²) in [5, 5.41) is 0.845. The van der Waals surface area contributed by atoms with Crippen molar-refractivity contribution in [3.05, 3.63) is 33.8 Å². The number of piperidine rings is 1. The highest BCUT2D eigenvalue weighted by molar-refractivity contribution is 6.43. The number of rotatable bonds is 4. The molecule has 21 heavy (non-hydrogen) atoms. The van der Waals surface area contributed by atoms with Crippen LogP contribution in [-0.4, -0.2) is 29.8 Å². The largest absolute Gasteiger partial charge is 0.300 e. The van der Waals surface area contributed by atoms with Gasteiger partial charge in [0.2, 0.25) is 0 Å². The van der Waals surface area contributed by atoms with Crippen LogP contribution < -0.4 is 0 Å². The van der Waals surface area contributed by atoms with E-state index >= 15 is 0 Å². The van der Waals surface area contributed by atoms with E-state index < -0.39 is 0 Å². The van der Waals surface area contributed by atoms with Crippen molar-refractivity contribution in [1.82, 2.24) is 4.90 Å². The van der Waals surface area contributed by atoms with Crippen LogP contribution in [-0.2, 0) is 0 Å². The van der Waals surface area contributed by atoms with Crippen molar-refractivity contribution in [2.45, 2.75) is 44.6 Å². The number of likely N-dealkylation sites (tertiary alicyclic amines) is 1. The number of hydrogen-bond acceptors (Lipinski definition) is 2. The van der Waals surface area contributed by atoms with Crippen LogP contribution >= 0.6 is 23.2 Å². The van der Waals surface area contributed by atoms with Crippen molar-refractivity contribution in [3.8, 4) is 0 Å². The van der Waals surface area contributed by atoms with Gasteiger partial charge in [-0.05, 0) is 50.3 Å². The number of hydrogen-bond donors (Lipinski definition) is 0. The molecule has 0 bridgehead atoms. The monoisotopic (exact) mass is 325 g/mol. The van der Waals surface area contributed by atoms with Crippen molar-refractivity contribution < 1.29 is 4.79 Å². The zero-order valence-electron chi connectivity index (χ0n) is 12.2. The van der Waals surface area contributed by atoms with E-state index in [1.54, 1.807) is 18.2 Å². The fraction of sp³-hybridized carbons (Fsp3) is 0.588. The van der Waals surface area contributed by atoms with Crippen molar-refractivity contribution in [2.24, 2.45) is 5.92 Å². The summed E-state index contributed by atoms with van der Waals surface area (Å²) in [5.41, 5.74) is 0.559. The third-order valence-corrected chi connectivity index (χ3v) is 5.81. The predicted octanol–water partition coefficient (Wildman–Crippen LogP) is 4.83. The Labute approximate surface area is 136 Å². The van der Waals surface area contributed by atoms with Crippen LogP contribution in [0.3, 0.4) is 0 Å². The van der Waals surface area contributed by atoms with Gasteiger partial charge in [-0.15, -0.1) is 0 Å². The second kappa shape index (κ2) is 6.68. The lowest BCUT2D eigenvalue weighted by Gasteiger charge is -2.37. The Hall–Kier alpha value is -0.570. The first kappa shape index (κ1) is 15.3. The van der Waals surface area contributed by atoms with Crippen molar-refractivity contribution in [3.63, 3.8) is 0 Å². The average Bonchev–Trinajstić information content (AvgIpc) is 2.96. The molecule has 1 aromatic rings. The molecule has 114 valence electrons. The lowest BCUT2D eigenvalue weighted by molar-refractivity contribution is 0.0875. The molecule has 2 unspecified atom stereocenters. The highest BCUT2D eigenvalue weighted by Crippen LogP contribution is 2.36. The van der Waals surface area contributed by atoms with Crippen LogP contribution in [0.2, 0.25) is 10.0 Å². The van der Waals surface area contributed by atoms with E-state index in [1.165, 1.54) is 32.1 Å². The van der Waals surface area contributed by atoms with Crippen molar-refractivity contribution in [1.29, 1.82) is 0 Å². The molecule has 0 aromatic heterocycles. The number of carbonyl (C=O) groups excluding carboxylic acids is 1. The van der Waals surface area contributed by atoms with Gasteiger partial charge in [-0.3, -0.25) is 9.69 Å². The van der Waals surface area contributed by atoms with Crippen molar-refractivity contribution in [2.75, 3.05) is 13.1 Å². The Morgan fingerprint density at radius 2 is 2.00 bits per heavy atom. The van der Waals surface area contributed by atoms with E-state index in [0.717, 1.165) is 19.0 Å². The number of ketones is 1. The standard InChI is InChI=1S/C17H21Cl2NO/c18-14-7-2-6-13(17(14)19)16(21)9-11-20-10-3-5-12-4-1-8-15(12)20/h2,6-7,12,15H,1,3-5,8-11H2. The number of halogens is 2. The SMILES string of the molecule is O=C(CCN1CCCC2CCCC21)c1cccc(Cl)c1Cl. The van der Waals surface area contributed by atoms with Gasteiger partial charge in [-0.1, -0.05) is 35.7 Å². The number of benzene rings is 1. The molecule has 1 saturated carbocycles. The normalized spacial score (nSPS) is 25.8. The maximum Gasteiger partial charge on any atom is 0.165 e. The Balaban J connectivity index is 1.62. The first-order valence-corrected chi connectivity index (χ1v) is 8.63. The third-order valence-electron chi connectivity index (χ3n) is 4.99. The smallest absolute Gasteiger partial charge is 0.165 e. The average molecular weight is 326 g/mol. The first-order valence-electron chi connectivity index (χ1n) is 7.88. The lowest BCUT2D eigenvalue weighted by Crippen LogP contribution is -2.43. The molecule has 2 fully saturated rings. The molecule has 1 saturated heterocycles. The van der Waals surface area contributed by atoms with Crippen LogP contribution in [0, 0.1) is 5.92 Å². The molecule has 0 spiro atoms. The molecule has 4 heteroatoms. The molecule has 2 aliphatic rings. The molecule has 1 aliphatic carbocycles. The number of carbonyl (C=O) groups is 1. The van der Waals surface area contributed by atoms with Crippen LogP contribution in [0.4, 0.5) is 0 Å². The van der Waals surface area contributed by atoms with E-state index in [4.69, 9.17) is 23.2 Å². The topological polar surface area (TPSA) is 20.3 Å². The number of fused-ring (bicyclic) bond motifs is 1. The summed E-state index contributed by atoms with van der Waals surface area (Å²) in [6.45, 7) is 1.99. The van der Waals surface area contributed by atoms with Crippen LogP contribution in [0.1, 0.15) is 48.9 Å². The third kappa shape index (κ3) is 3.28. The second-order valence-corrected chi connectivity index (χ2v) is 7.00. The minimum absolute atomic E-state index is 0.0996. The molecule has 1 aromatic carbocycles. The van der Waals surface area contributed by atoms with E-state index in [9.17, 15) is 4.79 Å². The Morgan fingerprint density at radius 3 is 2.86 bits per heavy atom. The van der Waals surface area contributed by atoms with Gasteiger partial charge in [0.05, 0.1) is 10.0 Å². The second-order valence-electron chi connectivity index (χ2n) is 6.21. The fourth-order valence-corrected chi connectivity index (χ4v) is 4.34. The molecule has 0 N–H and O–H groups in total. The number of nitrogens with zero attached hydrogens (tertiary/aromatic N) is 1. The molecule has 3 rings (SSSR count). The van der Waals surface area contributed by atoms with Gasteiger partial charge in [0.1, 0.15) is 0 Å². The summed E-state index contributed by atoms with van der Waals surface area (Å²) in [4.78, 5) is 14.9. The molecule has 1 aliphatic heterocycles. The van der Waals surface area contributed by atoms with Crippen LogP contribution in [0.15, 0.2) is 18.2 Å². The summed E-state index contributed by atoms with van der Waals surface area (Å²) in [6.07, 6.45) is 7.19. The van der Waals surface area contributed by atoms with E-state index in [1.807, 2.05) is 0 Å². The van der Waals surface area contributed by atoms with Gasteiger partial charge < -0.3 is 0 Å². The quantitative estimate of drug-likeness (QED) is 0.739. The summed E-state index contributed by atoms with van der Waals surface area (Å²) in [7, 11) is 0. The molecule has 2 nitrogen and oxygen atoms in total. The van der Waals surface area contributed by atoms with E-state index in [-0.39, 0.29) is 5.78 Å². The Bertz CT molecular complexity index is 532. The van der Waals surface area contributed by atoms with Gasteiger partial charge in [-0.25, -0.2) is 0 Å². The maximum absolute atomic E-state index is 12.4. The first-order chi connectivity index (χ1) is 10.2. The fourth-order valence-electron chi connectivity index (χ4n) is 3.93. The highest BCUT2D eigenvalue weighted by atomic mass is 35.5. The van der Waals surface area contributed by atoms with Crippen LogP contribution in [0.25, 0.3) is 0 Å². The zero-order valence-corrected chi connectivity index (χ0v) is 13.7. The summed E-state index contributed by atoms with van der Waals surface area (Å²) >= 11 is 12.1. The molecule has 0 radical (unpaired) electrons. The number of Topliss-reactive ketones (excluding diaryl/α,β-unsaturated/α-hetero) is 1. The predicted molar refractivity (Wildman–Crippen MR) is 87.3 cm³/mol. The minimum atomic E-state index is 0.0996. The highest BCUT2D eigenvalue weighted by Gasteiger charge is 2.34. The molecule has 1 heterocycles. The van der Waals surface area contributed by atoms with Gasteiger partial charge in [0.25, 0.3) is 0 Å². The molecule has 0 amide bonds. The zero-order chi connectivity index (χ0) is 14.8. The Morgan fingerprint density at radius 1 is 1.19 bits per heavy atom. The summed E-state index contributed by atoms with van der Waals surface area (Å²) in [6, 6.07) is 5.98. The van der Waals surface area contributed by atoms with E-state index in [2.05, 4.69) is 4.90 Å². The van der Waals surface area contributed by atoms with Gasteiger partial charge >= 0.3 is 0 Å². The van der Waals surface area contributed by atoms with Gasteiger partial charge in [0, 0.05) is 24.6 Å². The maximum atomic E-state index is 12.4. The lowest BCUT2D eigenvalue weighted by atomic mass is 9.91. The summed E-state index contributed by atoms with van der Waals surface area (Å²) in [5.74, 6) is 0.964. The van der Waals surface area contributed by atoms with Gasteiger partial charge in [-0.2, -0.15) is 0 Å². The molecular weight excluding hydrogens is 305 g/mol. The van der Waals surface area contributed by atoms with E-state index in [0.29, 0.717) is 28.1 Å². The minimum Gasteiger partial charge on any atom is -0.300 e. The van der Waals surface area contributed by atoms with Crippen molar-refractivity contribution >= 4 is 29.0 Å². The molecule has 2 atom stereocenters. The van der Waals surface area contributed by atoms with Crippen LogP contribution in [0.5, 0.6) is 0 Å². The Kier molecular flexibility index (Phi) is 4.88. The van der Waals surface area contributed by atoms with Gasteiger partial charge in [0.15, 0.2) is 5.78 Å².